The molecule has 0 atom stereocenters. The highest BCUT2D eigenvalue weighted by Crippen LogP contribution is 2.28. The number of hydrogen-bond donors (Lipinski definition) is 2. The number of nitrogens with zero attached hydrogens (tertiary/aromatic N) is 4. The molecule has 2 N–H and O–H groups in total. The van der Waals surface area contributed by atoms with Gasteiger partial charge >= 0.3 is 6.03 Å². The summed E-state index contributed by atoms with van der Waals surface area (Å²) in [5.41, 5.74) is -0.796. The lowest BCUT2D eigenvalue weighted by molar-refractivity contribution is -0.132. The zero-order valence-corrected chi connectivity index (χ0v) is 15.0. The summed E-state index contributed by atoms with van der Waals surface area (Å²) in [5, 5.41) is 14.5. The van der Waals surface area contributed by atoms with Gasteiger partial charge in [-0.3, -0.25) is 24.7 Å². The van der Waals surface area contributed by atoms with Gasteiger partial charge in [0.15, 0.2) is 0 Å². The zero-order valence-electron chi connectivity index (χ0n) is 13.4. The third kappa shape index (κ3) is 3.50. The number of anilines is 1. The summed E-state index contributed by atoms with van der Waals surface area (Å²) in [6.45, 7) is 3.19. The first-order chi connectivity index (χ1) is 10.9. The van der Waals surface area contributed by atoms with Crippen LogP contribution in [-0.2, 0) is 9.59 Å². The molecule has 2 aliphatic heterocycles. The van der Waals surface area contributed by atoms with Gasteiger partial charge in [-0.25, -0.2) is 4.79 Å². The Morgan fingerprint density at radius 1 is 1.33 bits per heavy atom. The number of halogens is 1. The molecule has 0 bridgehead atoms. The summed E-state index contributed by atoms with van der Waals surface area (Å²) in [7, 11) is 1.48. The predicted octanol–water partition coefficient (Wildman–Crippen LogP) is 0.223. The normalized spacial score (nSPS) is 20.0. The first kappa shape index (κ1) is 18.6. The van der Waals surface area contributed by atoms with E-state index in [0.29, 0.717) is 31.1 Å². The van der Waals surface area contributed by atoms with Crippen molar-refractivity contribution in [2.24, 2.45) is 0 Å². The smallest absolute Gasteiger partial charge is 0.323 e. The van der Waals surface area contributed by atoms with Crippen LogP contribution in [-0.4, -0.2) is 70.1 Å². The number of rotatable bonds is 3. The Bertz CT molecular complexity index is 658. The van der Waals surface area contributed by atoms with Gasteiger partial charge in [-0.2, -0.15) is 0 Å². The van der Waals surface area contributed by atoms with E-state index in [1.54, 1.807) is 0 Å². The molecule has 1 aromatic heterocycles. The Balaban J connectivity index is 0.00000208. The number of aryl methyl sites for hydroxylation is 1. The molecule has 0 unspecified atom stereocenters. The van der Waals surface area contributed by atoms with Crippen molar-refractivity contribution in [3.63, 3.8) is 0 Å². The minimum absolute atomic E-state index is 0. The van der Waals surface area contributed by atoms with Gasteiger partial charge in [-0.1, -0.05) is 11.3 Å². The molecule has 11 heteroatoms. The van der Waals surface area contributed by atoms with Crippen molar-refractivity contribution in [2.45, 2.75) is 25.3 Å². The molecule has 2 aliphatic rings. The van der Waals surface area contributed by atoms with Crippen molar-refractivity contribution in [3.8, 4) is 0 Å². The van der Waals surface area contributed by atoms with Crippen LogP contribution in [0, 0.1) is 6.92 Å². The van der Waals surface area contributed by atoms with Gasteiger partial charge in [0, 0.05) is 20.1 Å². The number of likely N-dealkylation sites (N-methyl/N-ethyl adjacent to an activating group) is 1. The number of aromatic nitrogens is 2. The van der Waals surface area contributed by atoms with Gasteiger partial charge < -0.3 is 5.32 Å². The second-order valence-corrected chi connectivity index (χ2v) is 7.01. The van der Waals surface area contributed by atoms with Crippen molar-refractivity contribution < 1.29 is 14.4 Å². The largest absolute Gasteiger partial charge is 0.324 e. The highest BCUT2D eigenvalue weighted by molar-refractivity contribution is 7.15. The molecular weight excluding hydrogens is 356 g/mol. The summed E-state index contributed by atoms with van der Waals surface area (Å²) < 4.78 is 0. The number of nitrogens with one attached hydrogen (secondary N) is 2. The monoisotopic (exact) mass is 374 g/mol. The fourth-order valence-electron chi connectivity index (χ4n) is 2.90. The summed E-state index contributed by atoms with van der Waals surface area (Å²) in [5.74, 6) is -0.341. The first-order valence-electron chi connectivity index (χ1n) is 7.32. The average Bonchev–Trinajstić information content (AvgIpc) is 3.00. The van der Waals surface area contributed by atoms with Crippen molar-refractivity contribution >= 4 is 46.7 Å². The molecule has 132 valence electrons. The minimum atomic E-state index is -0.796. The van der Waals surface area contributed by atoms with E-state index in [4.69, 9.17) is 0 Å². The average molecular weight is 375 g/mol. The van der Waals surface area contributed by atoms with Gasteiger partial charge in [0.05, 0.1) is 6.54 Å². The molecule has 0 radical (unpaired) electrons. The third-order valence-electron chi connectivity index (χ3n) is 4.21. The quantitative estimate of drug-likeness (QED) is 0.733. The summed E-state index contributed by atoms with van der Waals surface area (Å²) in [4.78, 5) is 38.9. The molecule has 0 aliphatic carbocycles. The Labute approximate surface area is 149 Å². The number of likely N-dealkylation sites (tertiary alicyclic amines) is 1. The topological polar surface area (TPSA) is 108 Å². The van der Waals surface area contributed by atoms with Gasteiger partial charge in [0.25, 0.3) is 5.91 Å². The number of carbonyl (C=O) groups excluding carboxylic acids is 3. The standard InChI is InChI=1S/C13H18N6O3S.ClH/c1-8-16-17-11(23-8)14-9(20)7-19-5-3-13(4-6-19)10(21)18(2)12(22)15-13;/h3-7H2,1-2H3,(H,15,22)(H,14,17,20);1H. The van der Waals surface area contributed by atoms with E-state index < -0.39 is 5.54 Å². The van der Waals surface area contributed by atoms with Crippen molar-refractivity contribution in [1.29, 1.82) is 0 Å². The summed E-state index contributed by atoms with van der Waals surface area (Å²) >= 11 is 1.32. The van der Waals surface area contributed by atoms with Crippen molar-refractivity contribution in [2.75, 3.05) is 32.0 Å². The number of hydrogen-bond acceptors (Lipinski definition) is 7. The van der Waals surface area contributed by atoms with E-state index in [2.05, 4.69) is 20.8 Å². The minimum Gasteiger partial charge on any atom is -0.323 e. The lowest BCUT2D eigenvalue weighted by Gasteiger charge is -2.36. The van der Waals surface area contributed by atoms with E-state index in [9.17, 15) is 14.4 Å². The number of piperidine rings is 1. The van der Waals surface area contributed by atoms with Crippen LogP contribution in [0.25, 0.3) is 0 Å². The number of carbonyl (C=O) groups is 3. The van der Waals surface area contributed by atoms with E-state index >= 15 is 0 Å². The number of urea groups is 1. The molecule has 1 aromatic rings. The fourth-order valence-corrected chi connectivity index (χ4v) is 3.50. The van der Waals surface area contributed by atoms with Crippen LogP contribution in [0.15, 0.2) is 0 Å². The molecule has 9 nitrogen and oxygen atoms in total. The van der Waals surface area contributed by atoms with E-state index in [1.807, 2.05) is 11.8 Å². The molecular formula is C13H19ClN6O3S. The Morgan fingerprint density at radius 2 is 2.00 bits per heavy atom. The Morgan fingerprint density at radius 3 is 2.50 bits per heavy atom. The molecule has 0 saturated carbocycles. The predicted molar refractivity (Wildman–Crippen MR) is 90.2 cm³/mol. The van der Waals surface area contributed by atoms with Crippen LogP contribution >= 0.6 is 23.7 Å². The van der Waals surface area contributed by atoms with Crippen LogP contribution in [0.2, 0.25) is 0 Å². The highest BCUT2D eigenvalue weighted by Gasteiger charge is 2.50. The van der Waals surface area contributed by atoms with Crippen LogP contribution in [0.4, 0.5) is 9.93 Å². The van der Waals surface area contributed by atoms with Gasteiger partial charge in [-0.15, -0.1) is 22.6 Å². The molecule has 24 heavy (non-hydrogen) atoms. The molecule has 3 rings (SSSR count). The van der Waals surface area contributed by atoms with Gasteiger partial charge in [-0.05, 0) is 19.8 Å². The van der Waals surface area contributed by atoms with Crippen LogP contribution < -0.4 is 10.6 Å². The number of imide groups is 1. The number of amides is 4. The maximum Gasteiger partial charge on any atom is 0.324 e. The highest BCUT2D eigenvalue weighted by atomic mass is 35.5. The van der Waals surface area contributed by atoms with Crippen LogP contribution in [0.1, 0.15) is 17.8 Å². The maximum atomic E-state index is 12.2. The van der Waals surface area contributed by atoms with Crippen LogP contribution in [0.5, 0.6) is 0 Å². The van der Waals surface area contributed by atoms with E-state index in [-0.39, 0.29) is 36.8 Å². The van der Waals surface area contributed by atoms with Crippen molar-refractivity contribution in [3.05, 3.63) is 5.01 Å². The molecule has 3 heterocycles. The summed E-state index contributed by atoms with van der Waals surface area (Å²) in [6, 6.07) is -0.354. The fraction of sp³-hybridized carbons (Fsp3) is 0.615. The van der Waals surface area contributed by atoms with E-state index in [1.165, 1.54) is 18.4 Å². The summed E-state index contributed by atoms with van der Waals surface area (Å²) in [6.07, 6.45) is 1.01. The van der Waals surface area contributed by atoms with Crippen LogP contribution in [0.3, 0.4) is 0 Å². The van der Waals surface area contributed by atoms with Gasteiger partial charge in [0.1, 0.15) is 10.5 Å². The van der Waals surface area contributed by atoms with E-state index in [0.717, 1.165) is 9.91 Å². The van der Waals surface area contributed by atoms with Crippen molar-refractivity contribution in [1.82, 2.24) is 25.3 Å². The Hall–Kier alpha value is -1.78. The lowest BCUT2D eigenvalue weighted by atomic mass is 9.87. The van der Waals surface area contributed by atoms with Gasteiger partial charge in [0.2, 0.25) is 11.0 Å². The zero-order chi connectivity index (χ0) is 16.6. The first-order valence-corrected chi connectivity index (χ1v) is 8.14. The second kappa shape index (κ2) is 6.99. The molecule has 0 aromatic carbocycles. The molecule has 2 saturated heterocycles. The third-order valence-corrected chi connectivity index (χ3v) is 4.97. The SMILES string of the molecule is Cc1nnc(NC(=O)CN2CCC3(CC2)NC(=O)N(C)C3=O)s1.Cl. The maximum absolute atomic E-state index is 12.2. The Kier molecular flexibility index (Phi) is 5.41. The molecule has 2 fully saturated rings. The molecule has 4 amide bonds. The molecule has 1 spiro atoms. The second-order valence-electron chi connectivity index (χ2n) is 5.83. The lowest BCUT2D eigenvalue weighted by Crippen LogP contribution is -2.55.